The summed E-state index contributed by atoms with van der Waals surface area (Å²) in [5.74, 6) is 0. The van der Waals surface area contributed by atoms with Gasteiger partial charge in [-0.25, -0.2) is 0 Å². The van der Waals surface area contributed by atoms with Crippen molar-refractivity contribution < 1.29 is 5.11 Å². The summed E-state index contributed by atoms with van der Waals surface area (Å²) in [7, 11) is 0. The maximum atomic E-state index is 9.05. The van der Waals surface area contributed by atoms with Gasteiger partial charge >= 0.3 is 0 Å². The minimum absolute atomic E-state index is 0.250. The number of aliphatic hydroxyl groups is 1. The molecule has 0 radical (unpaired) electrons. The first-order valence-corrected chi connectivity index (χ1v) is 4.84. The zero-order valence-corrected chi connectivity index (χ0v) is 7.42. The Morgan fingerprint density at radius 1 is 1.42 bits per heavy atom. The Kier molecular flexibility index (Phi) is 2.10. The lowest BCUT2D eigenvalue weighted by molar-refractivity contribution is 0.190. The highest BCUT2D eigenvalue weighted by Gasteiger charge is 2.42. The molecule has 4 N–H and O–H groups in total. The van der Waals surface area contributed by atoms with Gasteiger partial charge in [-0.1, -0.05) is 0 Å². The lowest BCUT2D eigenvalue weighted by Gasteiger charge is -2.34. The number of nitrogens with two attached hydrogens (primary N) is 1. The van der Waals surface area contributed by atoms with Crippen LogP contribution in [0.1, 0.15) is 25.7 Å². The predicted octanol–water partition coefficient (Wildman–Crippen LogP) is -0.162. The van der Waals surface area contributed by atoms with Gasteiger partial charge < -0.3 is 16.2 Å². The topological polar surface area (TPSA) is 58.3 Å². The van der Waals surface area contributed by atoms with E-state index in [1.807, 2.05) is 0 Å². The summed E-state index contributed by atoms with van der Waals surface area (Å²) in [5, 5.41) is 12.5. The second kappa shape index (κ2) is 2.98. The summed E-state index contributed by atoms with van der Waals surface area (Å²) in [6, 6.07) is 1.05. The van der Waals surface area contributed by atoms with Crippen LogP contribution in [0, 0.1) is 5.41 Å². The maximum Gasteiger partial charge on any atom is 0.0499 e. The van der Waals surface area contributed by atoms with E-state index in [1.165, 1.54) is 12.8 Å². The van der Waals surface area contributed by atoms with Gasteiger partial charge in [0.15, 0.2) is 0 Å². The fraction of sp³-hybridized carbons (Fsp3) is 1.00. The average molecular weight is 170 g/mol. The normalized spacial score (nSPS) is 37.5. The molecule has 0 aromatic carbocycles. The first-order valence-electron chi connectivity index (χ1n) is 4.84. The first-order chi connectivity index (χ1) is 5.74. The third kappa shape index (κ3) is 1.63. The summed E-state index contributed by atoms with van der Waals surface area (Å²) < 4.78 is 0. The standard InChI is InChI=1S/C9H18N2O/c10-7-3-8(4-7)11-5-9(6-12)1-2-9/h7-8,11-12H,1-6,10H2. The van der Waals surface area contributed by atoms with Gasteiger partial charge in [-0.2, -0.15) is 0 Å². The molecular weight excluding hydrogens is 152 g/mol. The molecule has 0 spiro atoms. The molecular formula is C9H18N2O. The fourth-order valence-corrected chi connectivity index (χ4v) is 1.76. The van der Waals surface area contributed by atoms with Crippen molar-refractivity contribution in [3.05, 3.63) is 0 Å². The van der Waals surface area contributed by atoms with E-state index < -0.39 is 0 Å². The molecule has 0 saturated heterocycles. The van der Waals surface area contributed by atoms with Gasteiger partial charge in [-0.3, -0.25) is 0 Å². The molecule has 2 aliphatic rings. The SMILES string of the molecule is NC1CC(NCC2(CO)CC2)C1. The highest BCUT2D eigenvalue weighted by molar-refractivity contribution is 4.97. The van der Waals surface area contributed by atoms with Gasteiger partial charge in [-0.15, -0.1) is 0 Å². The molecule has 2 aliphatic carbocycles. The van der Waals surface area contributed by atoms with Crippen LogP contribution < -0.4 is 11.1 Å². The summed E-state index contributed by atoms with van der Waals surface area (Å²) >= 11 is 0. The summed E-state index contributed by atoms with van der Waals surface area (Å²) in [5.41, 5.74) is 5.92. The molecule has 2 rings (SSSR count). The van der Waals surface area contributed by atoms with Crippen LogP contribution in [0.3, 0.4) is 0 Å². The van der Waals surface area contributed by atoms with Crippen LogP contribution in [0.5, 0.6) is 0 Å². The number of rotatable bonds is 4. The van der Waals surface area contributed by atoms with E-state index in [9.17, 15) is 0 Å². The second-order valence-electron chi connectivity index (χ2n) is 4.47. The summed E-state index contributed by atoms with van der Waals surface area (Å²) in [6.45, 7) is 1.33. The van der Waals surface area contributed by atoms with Crippen LogP contribution in [-0.4, -0.2) is 30.3 Å². The van der Waals surface area contributed by atoms with Crippen molar-refractivity contribution in [2.75, 3.05) is 13.2 Å². The van der Waals surface area contributed by atoms with E-state index in [4.69, 9.17) is 10.8 Å². The number of aliphatic hydroxyl groups excluding tert-OH is 1. The van der Waals surface area contributed by atoms with Gasteiger partial charge in [0.1, 0.15) is 0 Å². The predicted molar refractivity (Wildman–Crippen MR) is 47.8 cm³/mol. The smallest absolute Gasteiger partial charge is 0.0499 e. The molecule has 2 saturated carbocycles. The minimum Gasteiger partial charge on any atom is -0.396 e. The van der Waals surface area contributed by atoms with E-state index in [1.54, 1.807) is 0 Å². The van der Waals surface area contributed by atoms with Gasteiger partial charge in [0.2, 0.25) is 0 Å². The minimum atomic E-state index is 0.250. The molecule has 0 heterocycles. The van der Waals surface area contributed by atoms with Gasteiger partial charge in [-0.05, 0) is 25.7 Å². The van der Waals surface area contributed by atoms with E-state index in [0.29, 0.717) is 18.7 Å². The van der Waals surface area contributed by atoms with Crippen LogP contribution in [0.25, 0.3) is 0 Å². The van der Waals surface area contributed by atoms with Gasteiger partial charge in [0.25, 0.3) is 0 Å². The zero-order chi connectivity index (χ0) is 8.60. The monoisotopic (exact) mass is 170 g/mol. The fourth-order valence-electron chi connectivity index (χ4n) is 1.76. The van der Waals surface area contributed by atoms with Crippen molar-refractivity contribution in [2.45, 2.75) is 37.8 Å². The Morgan fingerprint density at radius 2 is 2.08 bits per heavy atom. The average Bonchev–Trinajstić information content (AvgIpc) is 2.77. The third-order valence-electron chi connectivity index (χ3n) is 3.23. The first kappa shape index (κ1) is 8.48. The molecule has 2 fully saturated rings. The molecule has 0 aliphatic heterocycles. The molecule has 3 nitrogen and oxygen atoms in total. The molecule has 0 atom stereocenters. The highest BCUT2D eigenvalue weighted by Crippen LogP contribution is 2.44. The molecule has 0 unspecified atom stereocenters. The van der Waals surface area contributed by atoms with Crippen LogP contribution in [0.4, 0.5) is 0 Å². The molecule has 12 heavy (non-hydrogen) atoms. The zero-order valence-electron chi connectivity index (χ0n) is 7.42. The van der Waals surface area contributed by atoms with Crippen molar-refractivity contribution in [1.82, 2.24) is 5.32 Å². The number of hydrogen-bond donors (Lipinski definition) is 3. The van der Waals surface area contributed by atoms with Crippen LogP contribution in [-0.2, 0) is 0 Å². The second-order valence-corrected chi connectivity index (χ2v) is 4.47. The van der Waals surface area contributed by atoms with E-state index in [-0.39, 0.29) is 5.41 Å². The quantitative estimate of drug-likeness (QED) is 0.549. The lowest BCUT2D eigenvalue weighted by Crippen LogP contribution is -2.50. The Balaban J connectivity index is 1.63. The maximum absolute atomic E-state index is 9.05. The molecule has 70 valence electrons. The molecule has 0 aromatic rings. The van der Waals surface area contributed by atoms with Crippen molar-refractivity contribution in [1.29, 1.82) is 0 Å². The summed E-state index contributed by atoms with van der Waals surface area (Å²) in [4.78, 5) is 0. The Bertz CT molecular complexity index is 162. The number of hydrogen-bond acceptors (Lipinski definition) is 3. The molecule has 3 heteroatoms. The largest absolute Gasteiger partial charge is 0.396 e. The van der Waals surface area contributed by atoms with Gasteiger partial charge in [0, 0.05) is 30.7 Å². The Hall–Kier alpha value is -0.120. The van der Waals surface area contributed by atoms with Crippen molar-refractivity contribution in [3.8, 4) is 0 Å². The Morgan fingerprint density at radius 3 is 2.50 bits per heavy atom. The van der Waals surface area contributed by atoms with E-state index >= 15 is 0 Å². The van der Waals surface area contributed by atoms with Crippen LogP contribution >= 0.6 is 0 Å². The van der Waals surface area contributed by atoms with Crippen LogP contribution in [0.2, 0.25) is 0 Å². The van der Waals surface area contributed by atoms with Crippen molar-refractivity contribution in [3.63, 3.8) is 0 Å². The Labute approximate surface area is 73.3 Å². The lowest BCUT2D eigenvalue weighted by atomic mass is 9.87. The van der Waals surface area contributed by atoms with E-state index in [2.05, 4.69) is 5.32 Å². The van der Waals surface area contributed by atoms with E-state index in [0.717, 1.165) is 19.4 Å². The molecule has 0 amide bonds. The van der Waals surface area contributed by atoms with Gasteiger partial charge in [0.05, 0.1) is 0 Å². The number of nitrogens with one attached hydrogen (secondary N) is 1. The van der Waals surface area contributed by atoms with Crippen molar-refractivity contribution >= 4 is 0 Å². The third-order valence-corrected chi connectivity index (χ3v) is 3.23. The molecule has 0 bridgehead atoms. The molecule has 0 aromatic heterocycles. The summed E-state index contributed by atoms with van der Waals surface area (Å²) in [6.07, 6.45) is 4.60. The van der Waals surface area contributed by atoms with Crippen molar-refractivity contribution in [2.24, 2.45) is 11.1 Å². The van der Waals surface area contributed by atoms with Crippen LogP contribution in [0.15, 0.2) is 0 Å². The highest BCUT2D eigenvalue weighted by atomic mass is 16.3.